The molecule has 0 unspecified atom stereocenters. The number of aromatic nitrogens is 2. The molecule has 6 heteroatoms. The lowest BCUT2D eigenvalue weighted by atomic mass is 10.1. The first-order chi connectivity index (χ1) is 9.13. The van der Waals surface area contributed by atoms with Crippen molar-refractivity contribution in [1.82, 2.24) is 9.97 Å². The summed E-state index contributed by atoms with van der Waals surface area (Å²) in [7, 11) is 1.31. The molecule has 19 heavy (non-hydrogen) atoms. The molecule has 0 aliphatic rings. The average molecular weight is 267 g/mol. The van der Waals surface area contributed by atoms with Crippen molar-refractivity contribution in [2.24, 2.45) is 5.92 Å². The standard InChI is InChI=1S/C13H21N3O3/c1-10(2)4-6-19-7-5-15-12-9-14-8-11(16-12)13(17)18-3/h8-10H,4-7H2,1-3H3,(H,15,16). The van der Waals surface area contributed by atoms with Gasteiger partial charge in [-0.2, -0.15) is 0 Å². The summed E-state index contributed by atoms with van der Waals surface area (Å²) in [5.74, 6) is 0.690. The van der Waals surface area contributed by atoms with Gasteiger partial charge in [0.15, 0.2) is 5.69 Å². The van der Waals surface area contributed by atoms with Crippen LogP contribution in [0.5, 0.6) is 0 Å². The molecule has 1 N–H and O–H groups in total. The molecule has 1 aromatic heterocycles. The van der Waals surface area contributed by atoms with E-state index < -0.39 is 5.97 Å². The van der Waals surface area contributed by atoms with Crippen LogP contribution in [0.1, 0.15) is 30.8 Å². The van der Waals surface area contributed by atoms with Crippen molar-refractivity contribution in [2.45, 2.75) is 20.3 Å². The van der Waals surface area contributed by atoms with Gasteiger partial charge in [0.25, 0.3) is 0 Å². The van der Waals surface area contributed by atoms with E-state index in [1.165, 1.54) is 13.3 Å². The summed E-state index contributed by atoms with van der Waals surface area (Å²) in [4.78, 5) is 19.3. The number of hydrogen-bond donors (Lipinski definition) is 1. The lowest BCUT2D eigenvalue weighted by molar-refractivity contribution is 0.0593. The van der Waals surface area contributed by atoms with Gasteiger partial charge in [-0.25, -0.2) is 9.78 Å². The van der Waals surface area contributed by atoms with E-state index in [1.807, 2.05) is 0 Å². The van der Waals surface area contributed by atoms with Gasteiger partial charge in [0, 0.05) is 13.2 Å². The number of nitrogens with zero attached hydrogens (tertiary/aromatic N) is 2. The average Bonchev–Trinajstić information content (AvgIpc) is 2.41. The quantitative estimate of drug-likeness (QED) is 0.571. The van der Waals surface area contributed by atoms with Crippen LogP contribution < -0.4 is 5.32 Å². The zero-order valence-corrected chi connectivity index (χ0v) is 11.7. The minimum Gasteiger partial charge on any atom is -0.464 e. The van der Waals surface area contributed by atoms with E-state index in [2.05, 4.69) is 33.9 Å². The third-order valence-electron chi connectivity index (χ3n) is 2.42. The van der Waals surface area contributed by atoms with Gasteiger partial charge in [0.05, 0.1) is 26.1 Å². The van der Waals surface area contributed by atoms with Crippen molar-refractivity contribution >= 4 is 11.8 Å². The molecule has 0 bridgehead atoms. The molecule has 1 aromatic rings. The predicted octanol–water partition coefficient (Wildman–Crippen LogP) is 1.74. The summed E-state index contributed by atoms with van der Waals surface area (Å²) in [5, 5.41) is 3.05. The van der Waals surface area contributed by atoms with Crippen LogP contribution in [0.25, 0.3) is 0 Å². The molecular formula is C13H21N3O3. The summed E-state index contributed by atoms with van der Waals surface area (Å²) >= 11 is 0. The minimum atomic E-state index is -0.496. The van der Waals surface area contributed by atoms with E-state index in [0.29, 0.717) is 24.9 Å². The minimum absolute atomic E-state index is 0.188. The lowest BCUT2D eigenvalue weighted by Gasteiger charge is -2.08. The normalized spacial score (nSPS) is 10.5. The Morgan fingerprint density at radius 1 is 1.37 bits per heavy atom. The Labute approximate surface area is 113 Å². The maximum atomic E-state index is 11.3. The number of hydrogen-bond acceptors (Lipinski definition) is 6. The Morgan fingerprint density at radius 3 is 2.84 bits per heavy atom. The van der Waals surface area contributed by atoms with E-state index in [1.54, 1.807) is 6.20 Å². The fourth-order valence-electron chi connectivity index (χ4n) is 1.33. The second-order valence-corrected chi connectivity index (χ2v) is 4.50. The molecule has 0 radical (unpaired) electrons. The molecule has 0 fully saturated rings. The number of anilines is 1. The highest BCUT2D eigenvalue weighted by Gasteiger charge is 2.07. The van der Waals surface area contributed by atoms with Gasteiger partial charge in [-0.15, -0.1) is 0 Å². The van der Waals surface area contributed by atoms with Crippen molar-refractivity contribution in [3.63, 3.8) is 0 Å². The van der Waals surface area contributed by atoms with Gasteiger partial charge in [-0.1, -0.05) is 13.8 Å². The van der Waals surface area contributed by atoms with Gasteiger partial charge < -0.3 is 14.8 Å². The molecule has 0 amide bonds. The van der Waals surface area contributed by atoms with Crippen LogP contribution in [0, 0.1) is 5.92 Å². The highest BCUT2D eigenvalue weighted by atomic mass is 16.5. The van der Waals surface area contributed by atoms with Gasteiger partial charge in [-0.05, 0) is 12.3 Å². The van der Waals surface area contributed by atoms with Gasteiger partial charge in [0.1, 0.15) is 5.82 Å². The SMILES string of the molecule is COC(=O)c1cncc(NCCOCCC(C)C)n1. The number of carbonyl (C=O) groups excluding carboxylic acids is 1. The summed E-state index contributed by atoms with van der Waals surface area (Å²) in [6, 6.07) is 0. The maximum Gasteiger partial charge on any atom is 0.358 e. The molecule has 0 aliphatic heterocycles. The molecule has 106 valence electrons. The van der Waals surface area contributed by atoms with Crippen LogP contribution in [-0.2, 0) is 9.47 Å². The molecule has 1 rings (SSSR count). The summed E-state index contributed by atoms with van der Waals surface area (Å²) in [6.45, 7) is 6.30. The fraction of sp³-hybridized carbons (Fsp3) is 0.615. The number of nitrogens with one attached hydrogen (secondary N) is 1. The number of methoxy groups -OCH3 is 1. The van der Waals surface area contributed by atoms with Crippen LogP contribution in [0.15, 0.2) is 12.4 Å². The molecule has 0 saturated heterocycles. The van der Waals surface area contributed by atoms with Crippen molar-refractivity contribution in [3.8, 4) is 0 Å². The Morgan fingerprint density at radius 2 is 2.16 bits per heavy atom. The Hall–Kier alpha value is -1.69. The van der Waals surface area contributed by atoms with E-state index in [0.717, 1.165) is 13.0 Å². The molecular weight excluding hydrogens is 246 g/mol. The number of carbonyl (C=O) groups is 1. The predicted molar refractivity (Wildman–Crippen MR) is 72.1 cm³/mol. The first-order valence-electron chi connectivity index (χ1n) is 6.35. The smallest absolute Gasteiger partial charge is 0.358 e. The van der Waals surface area contributed by atoms with Crippen LogP contribution in [0.4, 0.5) is 5.82 Å². The van der Waals surface area contributed by atoms with Crippen LogP contribution in [0.3, 0.4) is 0 Å². The van der Waals surface area contributed by atoms with E-state index in [-0.39, 0.29) is 5.69 Å². The number of rotatable bonds is 8. The van der Waals surface area contributed by atoms with E-state index >= 15 is 0 Å². The number of esters is 1. The van der Waals surface area contributed by atoms with Crippen molar-refractivity contribution in [3.05, 3.63) is 18.1 Å². The van der Waals surface area contributed by atoms with Crippen LogP contribution in [0.2, 0.25) is 0 Å². The largest absolute Gasteiger partial charge is 0.464 e. The topological polar surface area (TPSA) is 73.3 Å². The maximum absolute atomic E-state index is 11.3. The first-order valence-corrected chi connectivity index (χ1v) is 6.35. The molecule has 1 heterocycles. The highest BCUT2D eigenvalue weighted by Crippen LogP contribution is 2.03. The zero-order valence-electron chi connectivity index (χ0n) is 11.7. The highest BCUT2D eigenvalue weighted by molar-refractivity contribution is 5.87. The van der Waals surface area contributed by atoms with Crippen molar-refractivity contribution in [2.75, 3.05) is 32.2 Å². The van der Waals surface area contributed by atoms with Crippen LogP contribution >= 0.6 is 0 Å². The molecule has 0 aromatic carbocycles. The first kappa shape index (κ1) is 15.4. The lowest BCUT2D eigenvalue weighted by Crippen LogP contribution is -2.13. The molecule has 0 saturated carbocycles. The monoisotopic (exact) mass is 267 g/mol. The van der Waals surface area contributed by atoms with E-state index in [9.17, 15) is 4.79 Å². The van der Waals surface area contributed by atoms with Gasteiger partial charge >= 0.3 is 5.97 Å². The third-order valence-corrected chi connectivity index (χ3v) is 2.42. The van der Waals surface area contributed by atoms with Gasteiger partial charge in [-0.3, -0.25) is 4.98 Å². The summed E-state index contributed by atoms with van der Waals surface area (Å²) in [6.07, 6.45) is 3.98. The second kappa shape index (κ2) is 8.42. The Balaban J connectivity index is 2.27. The van der Waals surface area contributed by atoms with Crippen molar-refractivity contribution in [1.29, 1.82) is 0 Å². The van der Waals surface area contributed by atoms with E-state index in [4.69, 9.17) is 4.74 Å². The Bertz CT molecular complexity index is 396. The summed E-state index contributed by atoms with van der Waals surface area (Å²) in [5.41, 5.74) is 0.188. The molecule has 0 atom stereocenters. The van der Waals surface area contributed by atoms with Crippen LogP contribution in [-0.4, -0.2) is 42.8 Å². The fourth-order valence-corrected chi connectivity index (χ4v) is 1.33. The van der Waals surface area contributed by atoms with Crippen molar-refractivity contribution < 1.29 is 14.3 Å². The second-order valence-electron chi connectivity index (χ2n) is 4.50. The Kier molecular flexibility index (Phi) is 6.81. The molecule has 6 nitrogen and oxygen atoms in total. The molecule has 0 spiro atoms. The zero-order chi connectivity index (χ0) is 14.1. The third kappa shape index (κ3) is 6.15. The molecule has 0 aliphatic carbocycles. The number of ether oxygens (including phenoxy) is 2. The van der Waals surface area contributed by atoms with Gasteiger partial charge in [0.2, 0.25) is 0 Å². The summed E-state index contributed by atoms with van der Waals surface area (Å²) < 4.78 is 10.0.